The molecule has 1 saturated heterocycles. The van der Waals surface area contributed by atoms with Crippen LogP contribution in [0.4, 0.5) is 17.5 Å². The fourth-order valence-electron chi connectivity index (χ4n) is 4.04. The second-order valence-corrected chi connectivity index (χ2v) is 9.24. The van der Waals surface area contributed by atoms with Gasteiger partial charge in [0.05, 0.1) is 18.1 Å². The van der Waals surface area contributed by atoms with Gasteiger partial charge >= 0.3 is 0 Å². The highest BCUT2D eigenvalue weighted by atomic mass is 35.5. The summed E-state index contributed by atoms with van der Waals surface area (Å²) in [5.41, 5.74) is 0.719. The second kappa shape index (κ2) is 10.9. The summed E-state index contributed by atoms with van der Waals surface area (Å²) in [6.45, 7) is 4.85. The molecule has 0 atom stereocenters. The van der Waals surface area contributed by atoms with E-state index in [1.165, 1.54) is 17.8 Å². The zero-order chi connectivity index (χ0) is 25.8. The van der Waals surface area contributed by atoms with Crippen LogP contribution >= 0.6 is 11.6 Å². The number of likely N-dealkylation sites (N-methyl/N-ethyl adjacent to an activating group) is 1. The maximum absolute atomic E-state index is 13.0. The SMILES string of the molecule is CNC(=O)COc1cc2cc(Nc3nc(N4CCC(C=O)CC4)ncc3Cl)cnc2n(C(C)C)c1=O. The summed E-state index contributed by atoms with van der Waals surface area (Å²) in [7, 11) is 1.50. The number of hydrogen-bond donors (Lipinski definition) is 2. The molecular weight excluding hydrogens is 486 g/mol. The standard InChI is InChI=1S/C24H28ClN7O4/c1-14(2)32-22-16(9-19(23(32)35)36-13-20(34)26-3)8-17(10-27-22)29-21-18(25)11-28-24(30-21)31-6-4-15(12-33)5-7-31/h8-12,14-15H,4-7,13H2,1-3H3,(H,26,34)(H,28,29,30). The Kier molecular flexibility index (Phi) is 7.68. The molecule has 3 aromatic heterocycles. The largest absolute Gasteiger partial charge is 0.478 e. The van der Waals surface area contributed by atoms with Crippen molar-refractivity contribution in [3.63, 3.8) is 0 Å². The van der Waals surface area contributed by atoms with Crippen LogP contribution in [0.2, 0.25) is 5.02 Å². The van der Waals surface area contributed by atoms with E-state index in [0.717, 1.165) is 19.1 Å². The third kappa shape index (κ3) is 5.40. The normalized spacial score (nSPS) is 14.2. The topological polar surface area (TPSA) is 131 Å². The predicted octanol–water partition coefficient (Wildman–Crippen LogP) is 2.70. The van der Waals surface area contributed by atoms with Gasteiger partial charge in [-0.25, -0.2) is 9.97 Å². The van der Waals surface area contributed by atoms with Crippen LogP contribution in [0.15, 0.2) is 29.3 Å². The quantitative estimate of drug-likeness (QED) is 0.436. The van der Waals surface area contributed by atoms with Gasteiger partial charge in [-0.15, -0.1) is 0 Å². The zero-order valence-corrected chi connectivity index (χ0v) is 21.1. The summed E-state index contributed by atoms with van der Waals surface area (Å²) in [4.78, 5) is 51.1. The van der Waals surface area contributed by atoms with E-state index in [1.807, 2.05) is 18.7 Å². The van der Waals surface area contributed by atoms with Crippen LogP contribution in [0.1, 0.15) is 32.7 Å². The molecule has 12 heteroatoms. The smallest absolute Gasteiger partial charge is 0.294 e. The number of ether oxygens (including phenoxy) is 1. The first-order valence-electron chi connectivity index (χ1n) is 11.7. The minimum atomic E-state index is -0.364. The average molecular weight is 514 g/mol. The molecule has 0 bridgehead atoms. The first kappa shape index (κ1) is 25.4. The Morgan fingerprint density at radius 2 is 2.00 bits per heavy atom. The number of halogens is 1. The van der Waals surface area contributed by atoms with Crippen LogP contribution < -0.4 is 25.8 Å². The van der Waals surface area contributed by atoms with E-state index in [4.69, 9.17) is 16.3 Å². The van der Waals surface area contributed by atoms with Crippen LogP contribution in [0.3, 0.4) is 0 Å². The van der Waals surface area contributed by atoms with Crippen molar-refractivity contribution in [3.8, 4) is 5.75 Å². The van der Waals surface area contributed by atoms with Crippen molar-refractivity contribution in [1.82, 2.24) is 24.8 Å². The van der Waals surface area contributed by atoms with Crippen molar-refractivity contribution in [2.24, 2.45) is 5.92 Å². The number of amides is 1. The highest BCUT2D eigenvalue weighted by Gasteiger charge is 2.21. The number of hydrogen-bond acceptors (Lipinski definition) is 9. The number of nitrogens with zero attached hydrogens (tertiary/aromatic N) is 5. The monoisotopic (exact) mass is 513 g/mol. The molecule has 11 nitrogen and oxygen atoms in total. The lowest BCUT2D eigenvalue weighted by atomic mass is 9.99. The minimum Gasteiger partial charge on any atom is -0.478 e. The maximum Gasteiger partial charge on any atom is 0.294 e. The molecule has 0 unspecified atom stereocenters. The molecule has 2 N–H and O–H groups in total. The van der Waals surface area contributed by atoms with Crippen molar-refractivity contribution in [2.75, 3.05) is 37.0 Å². The number of pyridine rings is 2. The lowest BCUT2D eigenvalue weighted by Gasteiger charge is -2.29. The van der Waals surface area contributed by atoms with E-state index in [0.29, 0.717) is 46.6 Å². The number of aldehydes is 1. The molecule has 0 radical (unpaired) electrons. The van der Waals surface area contributed by atoms with Gasteiger partial charge in [0, 0.05) is 37.5 Å². The van der Waals surface area contributed by atoms with Crippen molar-refractivity contribution < 1.29 is 14.3 Å². The third-order valence-electron chi connectivity index (χ3n) is 6.00. The van der Waals surface area contributed by atoms with Gasteiger partial charge in [0.15, 0.2) is 18.2 Å². The lowest BCUT2D eigenvalue weighted by Crippen LogP contribution is -2.35. The van der Waals surface area contributed by atoms with Crippen LogP contribution in [0.25, 0.3) is 11.0 Å². The number of nitrogens with one attached hydrogen (secondary N) is 2. The number of aromatic nitrogens is 4. The fraction of sp³-hybridized carbons (Fsp3) is 0.417. The summed E-state index contributed by atoms with van der Waals surface area (Å²) >= 11 is 6.37. The van der Waals surface area contributed by atoms with Gasteiger partial charge in [-0.1, -0.05) is 11.6 Å². The summed E-state index contributed by atoms with van der Waals surface area (Å²) in [6, 6.07) is 3.19. The first-order chi connectivity index (χ1) is 17.3. The van der Waals surface area contributed by atoms with Crippen LogP contribution in [-0.2, 0) is 9.59 Å². The predicted molar refractivity (Wildman–Crippen MR) is 137 cm³/mol. The van der Waals surface area contributed by atoms with Crippen molar-refractivity contribution in [3.05, 3.63) is 39.9 Å². The summed E-state index contributed by atoms with van der Waals surface area (Å²) in [5.74, 6) is 0.721. The summed E-state index contributed by atoms with van der Waals surface area (Å²) < 4.78 is 7.03. The molecule has 0 aromatic carbocycles. The fourth-order valence-corrected chi connectivity index (χ4v) is 4.17. The van der Waals surface area contributed by atoms with Gasteiger partial charge in [-0.05, 0) is 38.8 Å². The van der Waals surface area contributed by atoms with Crippen LogP contribution in [0, 0.1) is 5.92 Å². The zero-order valence-electron chi connectivity index (χ0n) is 20.3. The van der Waals surface area contributed by atoms with Gasteiger partial charge in [-0.3, -0.25) is 14.2 Å². The Hall–Kier alpha value is -3.73. The molecule has 1 aliphatic rings. The van der Waals surface area contributed by atoms with E-state index < -0.39 is 0 Å². The molecule has 3 aromatic rings. The van der Waals surface area contributed by atoms with Crippen molar-refractivity contribution >= 4 is 52.3 Å². The third-order valence-corrected chi connectivity index (χ3v) is 6.28. The van der Waals surface area contributed by atoms with Crippen molar-refractivity contribution in [1.29, 1.82) is 0 Å². The second-order valence-electron chi connectivity index (χ2n) is 8.83. The number of fused-ring (bicyclic) bond motifs is 1. The number of carbonyl (C=O) groups excluding carboxylic acids is 2. The Morgan fingerprint density at radius 1 is 1.25 bits per heavy atom. The Balaban J connectivity index is 1.64. The molecule has 0 aliphatic carbocycles. The van der Waals surface area contributed by atoms with E-state index in [-0.39, 0.29) is 35.8 Å². The molecule has 4 heterocycles. The molecular formula is C24H28ClN7O4. The molecule has 190 valence electrons. The number of rotatable bonds is 8. The van der Waals surface area contributed by atoms with Gasteiger partial charge in [0.1, 0.15) is 17.0 Å². The summed E-state index contributed by atoms with van der Waals surface area (Å²) in [6.07, 6.45) is 5.66. The van der Waals surface area contributed by atoms with E-state index in [2.05, 4.69) is 25.6 Å². The molecule has 0 saturated carbocycles. The van der Waals surface area contributed by atoms with Gasteiger partial charge in [0.25, 0.3) is 11.5 Å². The molecule has 36 heavy (non-hydrogen) atoms. The van der Waals surface area contributed by atoms with Crippen molar-refractivity contribution in [2.45, 2.75) is 32.7 Å². The van der Waals surface area contributed by atoms with Gasteiger partial charge in [0.2, 0.25) is 5.95 Å². The Morgan fingerprint density at radius 3 is 2.67 bits per heavy atom. The molecule has 1 aliphatic heterocycles. The molecule has 1 fully saturated rings. The van der Waals surface area contributed by atoms with Crippen LogP contribution in [0.5, 0.6) is 5.75 Å². The van der Waals surface area contributed by atoms with E-state index in [1.54, 1.807) is 18.3 Å². The highest BCUT2D eigenvalue weighted by Crippen LogP contribution is 2.28. The Labute approximate surface area is 212 Å². The maximum atomic E-state index is 13.0. The average Bonchev–Trinajstić information content (AvgIpc) is 2.88. The number of carbonyl (C=O) groups is 2. The van der Waals surface area contributed by atoms with E-state index >= 15 is 0 Å². The molecule has 4 rings (SSSR count). The lowest BCUT2D eigenvalue weighted by molar-refractivity contribution is -0.122. The Bertz CT molecular complexity index is 1340. The number of piperidine rings is 1. The number of anilines is 3. The van der Waals surface area contributed by atoms with E-state index in [9.17, 15) is 14.4 Å². The highest BCUT2D eigenvalue weighted by molar-refractivity contribution is 6.32. The van der Waals surface area contributed by atoms with Gasteiger partial charge in [-0.2, -0.15) is 4.98 Å². The van der Waals surface area contributed by atoms with Gasteiger partial charge < -0.3 is 25.1 Å². The summed E-state index contributed by atoms with van der Waals surface area (Å²) in [5, 5.41) is 6.63. The molecule has 1 amide bonds. The molecule has 0 spiro atoms. The minimum absolute atomic E-state index is 0.0554. The van der Waals surface area contributed by atoms with Crippen LogP contribution in [-0.4, -0.2) is 58.5 Å². The first-order valence-corrected chi connectivity index (χ1v) is 12.1.